The van der Waals surface area contributed by atoms with Crippen molar-refractivity contribution >= 4 is 0 Å². The van der Waals surface area contributed by atoms with Crippen molar-refractivity contribution in [1.29, 1.82) is 0 Å². The Kier molecular flexibility index (Phi) is 2.46. The molecule has 0 atom stereocenters. The summed E-state index contributed by atoms with van der Waals surface area (Å²) >= 11 is 0. The molecule has 5 heteroatoms. The summed E-state index contributed by atoms with van der Waals surface area (Å²) in [6, 6.07) is 7.02. The van der Waals surface area contributed by atoms with E-state index in [2.05, 4.69) is 10.2 Å². The Bertz CT molecular complexity index is 500. The molecule has 2 rings (SSSR count). The second-order valence-corrected chi connectivity index (χ2v) is 3.47. The Labute approximate surface area is 90.1 Å². The van der Waals surface area contributed by atoms with Gasteiger partial charge in [-0.25, -0.2) is 0 Å². The molecule has 0 radical (unpaired) electrons. The smallest absolute Gasteiger partial charge is 0.278 e. The highest BCUT2D eigenvalue weighted by atomic mass is 19.4. The summed E-state index contributed by atoms with van der Waals surface area (Å²) in [6.07, 6.45) is -4.35. The normalized spacial score (nSPS) is 11.8. The van der Waals surface area contributed by atoms with Gasteiger partial charge in [0.05, 0.1) is 17.0 Å². The minimum atomic E-state index is -4.35. The highest BCUT2D eigenvalue weighted by molar-refractivity contribution is 5.64. The van der Waals surface area contributed by atoms with Crippen LogP contribution in [0.1, 0.15) is 11.3 Å². The summed E-state index contributed by atoms with van der Waals surface area (Å²) in [4.78, 5) is 0. The molecule has 0 amide bonds. The maximum atomic E-state index is 12.7. The molecule has 1 aromatic carbocycles. The van der Waals surface area contributed by atoms with Crippen LogP contribution in [0.15, 0.2) is 30.3 Å². The van der Waals surface area contributed by atoms with E-state index in [1.807, 2.05) is 0 Å². The van der Waals surface area contributed by atoms with Crippen molar-refractivity contribution in [2.75, 3.05) is 0 Å². The van der Waals surface area contributed by atoms with E-state index < -0.39 is 11.7 Å². The fraction of sp³-hybridized carbons (Fsp3) is 0.182. The Morgan fingerprint density at radius 1 is 1.19 bits per heavy atom. The van der Waals surface area contributed by atoms with Crippen LogP contribution < -0.4 is 0 Å². The van der Waals surface area contributed by atoms with Crippen LogP contribution in [0.25, 0.3) is 11.3 Å². The van der Waals surface area contributed by atoms with Crippen LogP contribution in [0.5, 0.6) is 0 Å². The zero-order valence-electron chi connectivity index (χ0n) is 8.47. The number of rotatable bonds is 1. The molecule has 0 bridgehead atoms. The molecule has 0 fully saturated rings. The summed E-state index contributed by atoms with van der Waals surface area (Å²) < 4.78 is 38.1. The average Bonchev–Trinajstić information content (AvgIpc) is 2.64. The maximum absolute atomic E-state index is 12.7. The molecule has 0 aliphatic heterocycles. The minimum absolute atomic E-state index is 0.121. The predicted molar refractivity (Wildman–Crippen MR) is 53.8 cm³/mol. The summed E-state index contributed by atoms with van der Waals surface area (Å²) in [6.45, 7) is 1.72. The molecule has 2 nitrogen and oxygen atoms in total. The average molecular weight is 226 g/mol. The number of benzene rings is 1. The Balaban J connectivity index is 2.57. The van der Waals surface area contributed by atoms with Gasteiger partial charge in [-0.05, 0) is 19.1 Å². The molecule has 0 aliphatic rings. The number of nitrogens with one attached hydrogen (secondary N) is 1. The van der Waals surface area contributed by atoms with E-state index in [-0.39, 0.29) is 5.56 Å². The first-order valence-electron chi connectivity index (χ1n) is 4.67. The Morgan fingerprint density at radius 2 is 1.88 bits per heavy atom. The van der Waals surface area contributed by atoms with Crippen LogP contribution in [0.2, 0.25) is 0 Å². The number of halogens is 3. The van der Waals surface area contributed by atoms with E-state index >= 15 is 0 Å². The molecule has 0 saturated heterocycles. The lowest BCUT2D eigenvalue weighted by Crippen LogP contribution is -2.06. The molecule has 0 aliphatic carbocycles. The predicted octanol–water partition coefficient (Wildman–Crippen LogP) is 3.40. The van der Waals surface area contributed by atoms with Crippen LogP contribution >= 0.6 is 0 Å². The van der Waals surface area contributed by atoms with Gasteiger partial charge in [-0.3, -0.25) is 5.10 Å². The van der Waals surface area contributed by atoms with Gasteiger partial charge in [0.25, 0.3) is 0 Å². The molecule has 84 valence electrons. The van der Waals surface area contributed by atoms with Crippen molar-refractivity contribution in [2.45, 2.75) is 13.1 Å². The fourth-order valence-corrected chi connectivity index (χ4v) is 1.52. The van der Waals surface area contributed by atoms with Gasteiger partial charge < -0.3 is 0 Å². The van der Waals surface area contributed by atoms with Crippen molar-refractivity contribution in [3.63, 3.8) is 0 Å². The van der Waals surface area contributed by atoms with Crippen molar-refractivity contribution < 1.29 is 13.2 Å². The van der Waals surface area contributed by atoms with Gasteiger partial charge >= 0.3 is 6.18 Å². The van der Waals surface area contributed by atoms with Crippen LogP contribution in [0, 0.1) is 6.92 Å². The molecular formula is C11H9F3N2. The molecule has 1 aromatic heterocycles. The second kappa shape index (κ2) is 3.66. The summed E-state index contributed by atoms with van der Waals surface area (Å²) in [5.41, 5.74) is 0.506. The lowest BCUT2D eigenvalue weighted by molar-refractivity contribution is -0.137. The third-order valence-electron chi connectivity index (χ3n) is 2.23. The number of hydrogen-bond donors (Lipinski definition) is 1. The SMILES string of the molecule is Cc1cc(-c2ccccc2C(F)(F)F)[nH]n1. The largest absolute Gasteiger partial charge is 0.417 e. The first-order chi connectivity index (χ1) is 7.48. The second-order valence-electron chi connectivity index (χ2n) is 3.47. The van der Waals surface area contributed by atoms with E-state index in [0.29, 0.717) is 11.4 Å². The lowest BCUT2D eigenvalue weighted by Gasteiger charge is -2.10. The number of aromatic nitrogens is 2. The Morgan fingerprint density at radius 3 is 2.44 bits per heavy atom. The number of nitrogens with zero attached hydrogens (tertiary/aromatic N) is 1. The number of H-pyrrole nitrogens is 1. The van der Waals surface area contributed by atoms with E-state index in [1.54, 1.807) is 19.1 Å². The molecule has 1 heterocycles. The van der Waals surface area contributed by atoms with Crippen LogP contribution in [0.3, 0.4) is 0 Å². The van der Waals surface area contributed by atoms with Crippen molar-refractivity contribution in [1.82, 2.24) is 10.2 Å². The van der Waals surface area contributed by atoms with E-state index in [0.717, 1.165) is 6.07 Å². The fourth-order valence-electron chi connectivity index (χ4n) is 1.52. The van der Waals surface area contributed by atoms with E-state index in [1.165, 1.54) is 12.1 Å². The van der Waals surface area contributed by atoms with Gasteiger partial charge in [-0.1, -0.05) is 18.2 Å². The number of aromatic amines is 1. The van der Waals surface area contributed by atoms with Gasteiger partial charge in [0, 0.05) is 5.56 Å². The first-order valence-corrected chi connectivity index (χ1v) is 4.67. The summed E-state index contributed by atoms with van der Waals surface area (Å²) in [5, 5.41) is 6.41. The van der Waals surface area contributed by atoms with Gasteiger partial charge in [0.1, 0.15) is 0 Å². The monoisotopic (exact) mass is 226 g/mol. The number of alkyl halides is 3. The third kappa shape index (κ3) is 1.93. The van der Waals surface area contributed by atoms with Crippen LogP contribution in [-0.4, -0.2) is 10.2 Å². The zero-order valence-corrected chi connectivity index (χ0v) is 8.47. The summed E-state index contributed by atoms with van der Waals surface area (Å²) in [5.74, 6) is 0. The number of aryl methyl sites for hydroxylation is 1. The van der Waals surface area contributed by atoms with Crippen molar-refractivity contribution in [3.8, 4) is 11.3 Å². The van der Waals surface area contributed by atoms with Gasteiger partial charge in [0.15, 0.2) is 0 Å². The molecule has 2 aromatic rings. The van der Waals surface area contributed by atoms with Gasteiger partial charge in [-0.15, -0.1) is 0 Å². The molecule has 0 saturated carbocycles. The number of hydrogen-bond acceptors (Lipinski definition) is 1. The van der Waals surface area contributed by atoms with Crippen LogP contribution in [0.4, 0.5) is 13.2 Å². The zero-order chi connectivity index (χ0) is 11.8. The maximum Gasteiger partial charge on any atom is 0.417 e. The Hall–Kier alpha value is -1.78. The quantitative estimate of drug-likeness (QED) is 0.793. The van der Waals surface area contributed by atoms with Gasteiger partial charge in [0.2, 0.25) is 0 Å². The third-order valence-corrected chi connectivity index (χ3v) is 2.23. The molecule has 16 heavy (non-hydrogen) atoms. The highest BCUT2D eigenvalue weighted by Gasteiger charge is 2.33. The first kappa shape index (κ1) is 10.7. The standard InChI is InChI=1S/C11H9F3N2/c1-7-6-10(16-15-7)8-4-2-3-5-9(8)11(12,13)14/h2-6H,1H3,(H,15,16). The van der Waals surface area contributed by atoms with E-state index in [9.17, 15) is 13.2 Å². The minimum Gasteiger partial charge on any atom is -0.278 e. The molecule has 0 spiro atoms. The van der Waals surface area contributed by atoms with Gasteiger partial charge in [-0.2, -0.15) is 18.3 Å². The van der Waals surface area contributed by atoms with Crippen molar-refractivity contribution in [2.24, 2.45) is 0 Å². The van der Waals surface area contributed by atoms with Crippen LogP contribution in [-0.2, 0) is 6.18 Å². The topological polar surface area (TPSA) is 28.7 Å². The highest BCUT2D eigenvalue weighted by Crippen LogP contribution is 2.36. The lowest BCUT2D eigenvalue weighted by atomic mass is 10.0. The molecule has 0 unspecified atom stereocenters. The van der Waals surface area contributed by atoms with E-state index in [4.69, 9.17) is 0 Å². The molecule has 1 N–H and O–H groups in total. The summed E-state index contributed by atoms with van der Waals surface area (Å²) in [7, 11) is 0. The molecular weight excluding hydrogens is 217 g/mol. The van der Waals surface area contributed by atoms with Crippen molar-refractivity contribution in [3.05, 3.63) is 41.6 Å².